The molecule has 0 aliphatic rings. The normalized spacial score (nSPS) is 13.7. The molecule has 0 spiro atoms. The molecule has 0 amide bonds. The summed E-state index contributed by atoms with van der Waals surface area (Å²) in [6.07, 6.45) is -0.598. The Labute approximate surface area is 110 Å². The first kappa shape index (κ1) is 14.9. The molecule has 18 heavy (non-hydrogen) atoms. The molecule has 0 saturated carbocycles. The summed E-state index contributed by atoms with van der Waals surface area (Å²) in [5, 5.41) is 9.91. The molecule has 1 atom stereocenters. The van der Waals surface area contributed by atoms with Gasteiger partial charge in [0.25, 0.3) is 0 Å². The van der Waals surface area contributed by atoms with Crippen molar-refractivity contribution in [1.29, 1.82) is 0 Å². The summed E-state index contributed by atoms with van der Waals surface area (Å²) in [7, 11) is 0. The fourth-order valence-electron chi connectivity index (χ4n) is 1.80. The molecule has 100 valence electrons. The number of Topliss-reactive ketones (excluding diaryl/α,β-unsaturated/α-hetero) is 1. The van der Waals surface area contributed by atoms with Gasteiger partial charge >= 0.3 is 0 Å². The van der Waals surface area contributed by atoms with Gasteiger partial charge in [-0.25, -0.2) is 0 Å². The topological polar surface area (TPSA) is 37.3 Å². The fraction of sp³-hybridized carbons (Fsp3) is 0.562. The van der Waals surface area contributed by atoms with Crippen LogP contribution >= 0.6 is 0 Å². The van der Waals surface area contributed by atoms with Gasteiger partial charge in [-0.2, -0.15) is 0 Å². The van der Waals surface area contributed by atoms with E-state index in [0.717, 1.165) is 5.56 Å². The van der Waals surface area contributed by atoms with Crippen LogP contribution in [0.4, 0.5) is 0 Å². The third-order valence-electron chi connectivity index (χ3n) is 3.15. The van der Waals surface area contributed by atoms with Gasteiger partial charge in [0.15, 0.2) is 5.78 Å². The van der Waals surface area contributed by atoms with Crippen LogP contribution in [-0.2, 0) is 11.2 Å². The van der Waals surface area contributed by atoms with E-state index in [9.17, 15) is 9.90 Å². The Bertz CT molecular complexity index is 396. The Kier molecular flexibility index (Phi) is 4.69. The molecule has 1 rings (SSSR count). The molecule has 0 fully saturated rings. The SMILES string of the molecule is CC(C)c1ccc(CC(=O)C(O)C(C)(C)C)cc1. The Balaban J connectivity index is 2.71. The molecule has 0 radical (unpaired) electrons. The van der Waals surface area contributed by atoms with Gasteiger partial charge in [-0.3, -0.25) is 4.79 Å². The molecule has 0 aliphatic carbocycles. The first-order chi connectivity index (χ1) is 8.21. The predicted molar refractivity (Wildman–Crippen MR) is 74.7 cm³/mol. The molecule has 1 aromatic rings. The van der Waals surface area contributed by atoms with E-state index in [1.165, 1.54) is 5.56 Å². The number of hydrogen-bond acceptors (Lipinski definition) is 2. The largest absolute Gasteiger partial charge is 0.385 e. The lowest BCUT2D eigenvalue weighted by Gasteiger charge is -2.24. The molecular formula is C16H24O2. The van der Waals surface area contributed by atoms with Crippen molar-refractivity contribution in [3.63, 3.8) is 0 Å². The molecule has 0 aliphatic heterocycles. The lowest BCUT2D eigenvalue weighted by atomic mass is 9.85. The van der Waals surface area contributed by atoms with Crippen LogP contribution in [-0.4, -0.2) is 17.0 Å². The molecule has 1 N–H and O–H groups in total. The molecule has 1 aromatic carbocycles. The number of aliphatic hydroxyl groups is 1. The van der Waals surface area contributed by atoms with Gasteiger partial charge in [-0.05, 0) is 22.5 Å². The maximum atomic E-state index is 11.9. The Morgan fingerprint density at radius 2 is 1.67 bits per heavy atom. The number of benzene rings is 1. The van der Waals surface area contributed by atoms with Crippen molar-refractivity contribution in [2.24, 2.45) is 5.41 Å². The van der Waals surface area contributed by atoms with Crippen LogP contribution in [0.5, 0.6) is 0 Å². The van der Waals surface area contributed by atoms with E-state index in [4.69, 9.17) is 0 Å². The Hall–Kier alpha value is -1.15. The maximum absolute atomic E-state index is 11.9. The highest BCUT2D eigenvalue weighted by Gasteiger charge is 2.28. The zero-order valence-corrected chi connectivity index (χ0v) is 12.0. The zero-order chi connectivity index (χ0) is 13.9. The lowest BCUT2D eigenvalue weighted by molar-refractivity contribution is -0.131. The van der Waals surface area contributed by atoms with E-state index < -0.39 is 11.5 Å². The highest BCUT2D eigenvalue weighted by Crippen LogP contribution is 2.21. The molecule has 0 heterocycles. The summed E-state index contributed by atoms with van der Waals surface area (Å²) < 4.78 is 0. The Morgan fingerprint density at radius 1 is 1.17 bits per heavy atom. The van der Waals surface area contributed by atoms with Gasteiger partial charge in [0.1, 0.15) is 6.10 Å². The van der Waals surface area contributed by atoms with Crippen molar-refractivity contribution in [1.82, 2.24) is 0 Å². The van der Waals surface area contributed by atoms with E-state index >= 15 is 0 Å². The monoisotopic (exact) mass is 248 g/mol. The van der Waals surface area contributed by atoms with E-state index in [1.807, 2.05) is 32.9 Å². The predicted octanol–water partition coefficient (Wildman–Crippen LogP) is 3.33. The molecule has 1 unspecified atom stereocenters. The van der Waals surface area contributed by atoms with Gasteiger partial charge in [0.2, 0.25) is 0 Å². The molecule has 0 saturated heterocycles. The van der Waals surface area contributed by atoms with Crippen LogP contribution in [0.15, 0.2) is 24.3 Å². The summed E-state index contributed by atoms with van der Waals surface area (Å²) >= 11 is 0. The van der Waals surface area contributed by atoms with E-state index in [0.29, 0.717) is 12.3 Å². The third kappa shape index (κ3) is 3.95. The van der Waals surface area contributed by atoms with Gasteiger partial charge in [0.05, 0.1) is 0 Å². The third-order valence-corrected chi connectivity index (χ3v) is 3.15. The highest BCUT2D eigenvalue weighted by atomic mass is 16.3. The molecule has 2 heteroatoms. The molecule has 0 bridgehead atoms. The number of rotatable bonds is 4. The van der Waals surface area contributed by atoms with Crippen LogP contribution in [0.2, 0.25) is 0 Å². The summed E-state index contributed by atoms with van der Waals surface area (Å²) in [5.74, 6) is 0.384. The second-order valence-corrected chi connectivity index (χ2v) is 6.31. The standard InChI is InChI=1S/C16H24O2/c1-11(2)13-8-6-12(7-9-13)10-14(17)15(18)16(3,4)5/h6-9,11,15,18H,10H2,1-5H3. The molecular weight excluding hydrogens is 224 g/mol. The van der Waals surface area contributed by atoms with Crippen LogP contribution in [0.25, 0.3) is 0 Å². The lowest BCUT2D eigenvalue weighted by Crippen LogP contribution is -2.35. The second-order valence-electron chi connectivity index (χ2n) is 6.31. The number of hydrogen-bond donors (Lipinski definition) is 1. The highest BCUT2D eigenvalue weighted by molar-refractivity contribution is 5.85. The average Bonchev–Trinajstić information content (AvgIpc) is 2.27. The summed E-state index contributed by atoms with van der Waals surface area (Å²) in [4.78, 5) is 11.9. The fourth-order valence-corrected chi connectivity index (χ4v) is 1.80. The smallest absolute Gasteiger partial charge is 0.166 e. The van der Waals surface area contributed by atoms with Gasteiger partial charge in [-0.1, -0.05) is 58.9 Å². The van der Waals surface area contributed by atoms with E-state index in [1.54, 1.807) is 0 Å². The summed E-state index contributed by atoms with van der Waals surface area (Å²) in [6, 6.07) is 8.05. The van der Waals surface area contributed by atoms with Crippen molar-refractivity contribution in [2.75, 3.05) is 0 Å². The van der Waals surface area contributed by atoms with Crippen molar-refractivity contribution in [2.45, 2.75) is 53.1 Å². The van der Waals surface area contributed by atoms with Gasteiger partial charge < -0.3 is 5.11 Å². The second kappa shape index (κ2) is 5.66. The quantitative estimate of drug-likeness (QED) is 0.887. The number of carbonyl (C=O) groups excluding carboxylic acids is 1. The van der Waals surface area contributed by atoms with Crippen molar-refractivity contribution in [3.05, 3.63) is 35.4 Å². The molecule has 0 aromatic heterocycles. The summed E-state index contributed by atoms with van der Waals surface area (Å²) in [6.45, 7) is 9.90. The van der Waals surface area contributed by atoms with Crippen molar-refractivity contribution in [3.8, 4) is 0 Å². The van der Waals surface area contributed by atoms with E-state index in [-0.39, 0.29) is 5.78 Å². The summed E-state index contributed by atoms with van der Waals surface area (Å²) in [5.41, 5.74) is 1.84. The molecule has 2 nitrogen and oxygen atoms in total. The number of aliphatic hydroxyl groups excluding tert-OH is 1. The van der Waals surface area contributed by atoms with Gasteiger partial charge in [-0.15, -0.1) is 0 Å². The number of ketones is 1. The van der Waals surface area contributed by atoms with Crippen molar-refractivity contribution < 1.29 is 9.90 Å². The Morgan fingerprint density at radius 3 is 2.06 bits per heavy atom. The number of carbonyl (C=O) groups is 1. The minimum atomic E-state index is -0.901. The van der Waals surface area contributed by atoms with Crippen molar-refractivity contribution >= 4 is 5.78 Å². The van der Waals surface area contributed by atoms with Gasteiger partial charge in [0, 0.05) is 6.42 Å². The average molecular weight is 248 g/mol. The zero-order valence-electron chi connectivity index (χ0n) is 12.0. The van der Waals surface area contributed by atoms with Crippen LogP contribution in [0.3, 0.4) is 0 Å². The van der Waals surface area contributed by atoms with Crippen LogP contribution in [0, 0.1) is 5.41 Å². The maximum Gasteiger partial charge on any atom is 0.166 e. The van der Waals surface area contributed by atoms with Crippen LogP contribution in [0.1, 0.15) is 51.7 Å². The minimum absolute atomic E-state index is 0.111. The minimum Gasteiger partial charge on any atom is -0.385 e. The first-order valence-corrected chi connectivity index (χ1v) is 6.51. The van der Waals surface area contributed by atoms with E-state index in [2.05, 4.69) is 26.0 Å². The van der Waals surface area contributed by atoms with Crippen LogP contribution < -0.4 is 0 Å². The first-order valence-electron chi connectivity index (χ1n) is 6.51.